The summed E-state index contributed by atoms with van der Waals surface area (Å²) in [6, 6.07) is 23.0. The van der Waals surface area contributed by atoms with Gasteiger partial charge in [-0.25, -0.2) is 4.98 Å². The summed E-state index contributed by atoms with van der Waals surface area (Å²) in [5, 5.41) is 15.4. The van der Waals surface area contributed by atoms with E-state index in [0.717, 1.165) is 10.8 Å². The number of carbonyl (C=O) groups is 2. The van der Waals surface area contributed by atoms with Crippen molar-refractivity contribution in [3.05, 3.63) is 112 Å². The molecule has 170 valence electrons. The van der Waals surface area contributed by atoms with Crippen LogP contribution in [-0.2, 0) is 11.2 Å². The highest BCUT2D eigenvalue weighted by Crippen LogP contribution is 2.19. The summed E-state index contributed by atoms with van der Waals surface area (Å²) < 4.78 is 0. The molecule has 1 atom stereocenters. The van der Waals surface area contributed by atoms with Crippen LogP contribution in [0.1, 0.15) is 15.9 Å². The summed E-state index contributed by atoms with van der Waals surface area (Å²) in [5.74, 6) is -0.459. The molecule has 9 nitrogen and oxygen atoms in total. The molecule has 0 bridgehead atoms. The van der Waals surface area contributed by atoms with Crippen LogP contribution in [-0.4, -0.2) is 27.8 Å². The summed E-state index contributed by atoms with van der Waals surface area (Å²) in [6.45, 7) is 0. The zero-order chi connectivity index (χ0) is 23.9. The summed E-state index contributed by atoms with van der Waals surface area (Å²) >= 11 is 0. The van der Waals surface area contributed by atoms with Crippen molar-refractivity contribution >= 4 is 34.1 Å². The van der Waals surface area contributed by atoms with Crippen LogP contribution in [0.25, 0.3) is 10.8 Å². The molecule has 2 amide bonds. The van der Waals surface area contributed by atoms with Gasteiger partial charge in [-0.1, -0.05) is 54.6 Å². The molecule has 0 fully saturated rings. The molecule has 0 saturated heterocycles. The van der Waals surface area contributed by atoms with E-state index in [9.17, 15) is 19.7 Å². The first-order valence-electron chi connectivity index (χ1n) is 10.5. The van der Waals surface area contributed by atoms with E-state index in [1.165, 1.54) is 12.1 Å². The summed E-state index contributed by atoms with van der Waals surface area (Å²) in [5.41, 5.74) is 6.34. The Bertz CT molecular complexity index is 1320. The Hall–Kier alpha value is -4.79. The number of fused-ring (bicyclic) bond motifs is 1. The highest BCUT2D eigenvalue weighted by molar-refractivity contribution is 6.08. The van der Waals surface area contributed by atoms with Gasteiger partial charge in [-0.2, -0.15) is 0 Å². The lowest BCUT2D eigenvalue weighted by molar-refractivity contribution is -0.384. The van der Waals surface area contributed by atoms with Crippen molar-refractivity contribution < 1.29 is 14.5 Å². The predicted molar refractivity (Wildman–Crippen MR) is 128 cm³/mol. The van der Waals surface area contributed by atoms with Crippen molar-refractivity contribution in [1.29, 1.82) is 0 Å². The van der Waals surface area contributed by atoms with Gasteiger partial charge in [0.1, 0.15) is 11.9 Å². The molecule has 0 unspecified atom stereocenters. The Morgan fingerprint density at radius 2 is 1.65 bits per heavy atom. The second kappa shape index (κ2) is 10.2. The number of benzene rings is 3. The molecule has 0 aliphatic rings. The minimum atomic E-state index is -0.955. The number of hydrazine groups is 1. The molecule has 4 aromatic rings. The Labute approximate surface area is 195 Å². The van der Waals surface area contributed by atoms with Crippen LogP contribution in [0, 0.1) is 10.1 Å². The van der Waals surface area contributed by atoms with Gasteiger partial charge in [-0.05, 0) is 34.5 Å². The minimum Gasteiger partial charge on any atom is -0.340 e. The zero-order valence-electron chi connectivity index (χ0n) is 18.0. The van der Waals surface area contributed by atoms with Gasteiger partial charge in [-0.15, -0.1) is 0 Å². The molecular weight excluding hydrogens is 434 g/mol. The maximum absolute atomic E-state index is 13.2. The van der Waals surface area contributed by atoms with E-state index >= 15 is 0 Å². The maximum Gasteiger partial charge on any atom is 0.269 e. The summed E-state index contributed by atoms with van der Waals surface area (Å²) in [4.78, 5) is 40.7. The number of hydrogen-bond donors (Lipinski definition) is 3. The average Bonchev–Trinajstić information content (AvgIpc) is 2.87. The number of rotatable bonds is 8. The fraction of sp³-hybridized carbons (Fsp3) is 0.0800. The minimum absolute atomic E-state index is 0.0543. The van der Waals surface area contributed by atoms with Gasteiger partial charge < -0.3 is 5.32 Å². The monoisotopic (exact) mass is 455 g/mol. The van der Waals surface area contributed by atoms with Crippen molar-refractivity contribution in [2.24, 2.45) is 0 Å². The van der Waals surface area contributed by atoms with E-state index in [4.69, 9.17) is 0 Å². The van der Waals surface area contributed by atoms with Crippen LogP contribution < -0.4 is 16.2 Å². The number of amides is 2. The van der Waals surface area contributed by atoms with Gasteiger partial charge in [0.05, 0.1) is 4.92 Å². The van der Waals surface area contributed by atoms with Gasteiger partial charge in [-0.3, -0.25) is 30.6 Å². The molecular formula is C25H21N5O4. The lowest BCUT2D eigenvalue weighted by atomic mass is 10.0. The van der Waals surface area contributed by atoms with Gasteiger partial charge in [0, 0.05) is 30.3 Å². The van der Waals surface area contributed by atoms with E-state index in [1.54, 1.807) is 48.7 Å². The molecule has 34 heavy (non-hydrogen) atoms. The molecule has 0 aliphatic heterocycles. The zero-order valence-corrected chi connectivity index (χ0v) is 18.0. The van der Waals surface area contributed by atoms with Crippen LogP contribution in [0.15, 0.2) is 91.1 Å². The third kappa shape index (κ3) is 5.33. The number of aromatic nitrogens is 1. The van der Waals surface area contributed by atoms with Crippen LogP contribution in [0.3, 0.4) is 0 Å². The number of non-ortho nitro benzene ring substituents is 1. The highest BCUT2D eigenvalue weighted by Gasteiger charge is 2.23. The fourth-order valence-corrected chi connectivity index (χ4v) is 3.51. The molecule has 0 spiro atoms. The topological polar surface area (TPSA) is 126 Å². The van der Waals surface area contributed by atoms with E-state index in [0.29, 0.717) is 16.9 Å². The number of nitrogens with zero attached hydrogens (tertiary/aromatic N) is 2. The Kier molecular flexibility index (Phi) is 6.73. The third-order valence-corrected chi connectivity index (χ3v) is 5.22. The number of anilines is 1. The molecule has 1 heterocycles. The molecule has 0 aliphatic carbocycles. The average molecular weight is 455 g/mol. The van der Waals surface area contributed by atoms with Crippen molar-refractivity contribution in [3.63, 3.8) is 0 Å². The first-order valence-corrected chi connectivity index (χ1v) is 10.5. The highest BCUT2D eigenvalue weighted by atomic mass is 16.6. The molecule has 9 heteroatoms. The van der Waals surface area contributed by atoms with Crippen molar-refractivity contribution in [3.8, 4) is 0 Å². The second-order valence-electron chi connectivity index (χ2n) is 7.51. The first-order chi connectivity index (χ1) is 16.5. The number of nitro benzene ring substituents is 1. The van der Waals surface area contributed by atoms with Crippen LogP contribution >= 0.6 is 0 Å². The Morgan fingerprint density at radius 1 is 0.912 bits per heavy atom. The number of nitrogens with one attached hydrogen (secondary N) is 3. The van der Waals surface area contributed by atoms with Gasteiger partial charge >= 0.3 is 0 Å². The molecule has 4 rings (SSSR count). The quantitative estimate of drug-likeness (QED) is 0.275. The normalized spacial score (nSPS) is 11.4. The standard InChI is InChI=1S/C25H21N5O4/c31-24(21-9-5-7-18-6-1-2-8-20(18)21)27-22(16-17-11-13-19(14-12-17)30(33)34)25(32)29-28-23-10-3-4-15-26-23/h1-15,22H,16H2,(H,26,28)(H,27,31)(H,29,32)/t22-/m0/s1. The fourth-order valence-electron chi connectivity index (χ4n) is 3.51. The van der Waals surface area contributed by atoms with Crippen LogP contribution in [0.4, 0.5) is 11.5 Å². The molecule has 3 aromatic carbocycles. The van der Waals surface area contributed by atoms with E-state index < -0.39 is 22.8 Å². The predicted octanol–water partition coefficient (Wildman–Crippen LogP) is 3.63. The maximum atomic E-state index is 13.2. The first kappa shape index (κ1) is 22.4. The summed E-state index contributed by atoms with van der Waals surface area (Å²) in [7, 11) is 0. The third-order valence-electron chi connectivity index (χ3n) is 5.22. The summed E-state index contributed by atoms with van der Waals surface area (Å²) in [6.07, 6.45) is 1.70. The number of pyridine rings is 1. The van der Waals surface area contributed by atoms with E-state index in [-0.39, 0.29) is 12.1 Å². The van der Waals surface area contributed by atoms with Gasteiger partial charge in [0.2, 0.25) is 0 Å². The van der Waals surface area contributed by atoms with Gasteiger partial charge in [0.15, 0.2) is 0 Å². The van der Waals surface area contributed by atoms with Crippen molar-refractivity contribution in [2.45, 2.75) is 12.5 Å². The molecule has 3 N–H and O–H groups in total. The van der Waals surface area contributed by atoms with E-state index in [2.05, 4.69) is 21.2 Å². The van der Waals surface area contributed by atoms with E-state index in [1.807, 2.05) is 30.3 Å². The van der Waals surface area contributed by atoms with Gasteiger partial charge in [0.25, 0.3) is 17.5 Å². The smallest absolute Gasteiger partial charge is 0.269 e. The largest absolute Gasteiger partial charge is 0.340 e. The molecule has 0 radical (unpaired) electrons. The molecule has 0 saturated carbocycles. The number of nitro groups is 1. The van der Waals surface area contributed by atoms with Crippen molar-refractivity contribution in [2.75, 3.05) is 5.43 Å². The van der Waals surface area contributed by atoms with Crippen LogP contribution in [0.2, 0.25) is 0 Å². The molecule has 1 aromatic heterocycles. The Morgan fingerprint density at radius 3 is 2.38 bits per heavy atom. The lowest BCUT2D eigenvalue weighted by Gasteiger charge is -2.19. The Balaban J connectivity index is 1.56. The number of hydrogen-bond acceptors (Lipinski definition) is 6. The van der Waals surface area contributed by atoms with Crippen molar-refractivity contribution in [1.82, 2.24) is 15.7 Å². The SMILES string of the molecule is O=C(N[C@@H](Cc1ccc([N+](=O)[O-])cc1)C(=O)NNc1ccccn1)c1cccc2ccccc12. The van der Waals surface area contributed by atoms with Crippen LogP contribution in [0.5, 0.6) is 0 Å². The lowest BCUT2D eigenvalue weighted by Crippen LogP contribution is -2.49. The second-order valence-corrected chi connectivity index (χ2v) is 7.51. The number of carbonyl (C=O) groups excluding carboxylic acids is 2.